The van der Waals surface area contributed by atoms with Gasteiger partial charge in [0.2, 0.25) is 0 Å². The second-order valence-corrected chi connectivity index (χ2v) is 15.6. The highest BCUT2D eigenvalue weighted by atomic mass is 16.4. The molecular weight excluding hydrogens is 452 g/mol. The third kappa shape index (κ3) is 2.92. The Morgan fingerprint density at radius 3 is 2.14 bits per heavy atom. The van der Waals surface area contributed by atoms with Gasteiger partial charge in [0.1, 0.15) is 0 Å². The fraction of sp³-hybridized carbons (Fsp3) is 0.968. The minimum Gasteiger partial charge on any atom is -0.479 e. The number of aliphatic carboxylic acids is 1. The van der Waals surface area contributed by atoms with Crippen LogP contribution < -0.4 is 0 Å². The van der Waals surface area contributed by atoms with Crippen molar-refractivity contribution in [2.75, 3.05) is 6.61 Å². The van der Waals surface area contributed by atoms with E-state index in [1.807, 2.05) is 13.8 Å². The normalized spacial score (nSPS) is 60.8. The zero-order valence-corrected chi connectivity index (χ0v) is 23.8. The van der Waals surface area contributed by atoms with E-state index < -0.39 is 28.5 Å². The summed E-state index contributed by atoms with van der Waals surface area (Å²) >= 11 is 0. The summed E-state index contributed by atoms with van der Waals surface area (Å²) in [6.45, 7) is 16.2. The number of hydrogen-bond acceptors (Lipinski definition) is 4. The zero-order valence-electron chi connectivity index (χ0n) is 23.8. The van der Waals surface area contributed by atoms with E-state index >= 15 is 0 Å². The van der Waals surface area contributed by atoms with Crippen LogP contribution in [0, 0.1) is 62.6 Å². The fourth-order valence-electron chi connectivity index (χ4n) is 12.2. The number of aliphatic hydroxyl groups excluding tert-OH is 2. The quantitative estimate of drug-likeness (QED) is 0.398. The molecule has 0 radical (unpaired) electrons. The topological polar surface area (TPSA) is 98.0 Å². The molecule has 0 bridgehead atoms. The van der Waals surface area contributed by atoms with Gasteiger partial charge >= 0.3 is 5.97 Å². The summed E-state index contributed by atoms with van der Waals surface area (Å²) < 4.78 is 0. The lowest BCUT2D eigenvalue weighted by molar-refractivity contribution is -0.314. The van der Waals surface area contributed by atoms with Gasteiger partial charge in [-0.25, -0.2) is 4.79 Å². The first kappa shape index (κ1) is 26.9. The highest BCUT2D eigenvalue weighted by Gasteiger charge is 2.77. The number of hydrogen-bond donors (Lipinski definition) is 4. The van der Waals surface area contributed by atoms with Crippen molar-refractivity contribution in [1.82, 2.24) is 0 Å². The van der Waals surface area contributed by atoms with E-state index in [2.05, 4.69) is 34.6 Å². The van der Waals surface area contributed by atoms with E-state index in [0.717, 1.165) is 38.0 Å². The van der Waals surface area contributed by atoms with Crippen molar-refractivity contribution >= 4 is 5.97 Å². The van der Waals surface area contributed by atoms with E-state index in [4.69, 9.17) is 0 Å². The Morgan fingerprint density at radius 2 is 1.53 bits per heavy atom. The fourth-order valence-corrected chi connectivity index (χ4v) is 12.2. The lowest BCUT2D eigenvalue weighted by atomic mass is 9.29. The first-order valence-electron chi connectivity index (χ1n) is 14.8. The van der Waals surface area contributed by atoms with Crippen molar-refractivity contribution in [3.63, 3.8) is 0 Å². The number of aliphatic hydroxyl groups is 3. The molecule has 206 valence electrons. The Hall–Kier alpha value is -0.650. The van der Waals surface area contributed by atoms with Crippen LogP contribution in [0.4, 0.5) is 0 Å². The van der Waals surface area contributed by atoms with Crippen molar-refractivity contribution in [2.45, 2.75) is 118 Å². The molecule has 0 spiro atoms. The van der Waals surface area contributed by atoms with Crippen LogP contribution in [-0.4, -0.2) is 44.7 Å². The van der Waals surface area contributed by atoms with Crippen LogP contribution >= 0.6 is 0 Å². The SMILES string of the molecule is C[C@@H]1[C@H]2[C@H]3CC[C@@H]4[C@]5(C)[C@@H](CC[C@@]4(C)[C@]3(C)CC[C@@]2(C)CC[C@H]1C)C(C)(CO)CC(O)C5(O)C(=O)O. The summed E-state index contributed by atoms with van der Waals surface area (Å²) in [5.74, 6) is 1.23. The maximum Gasteiger partial charge on any atom is 0.339 e. The third-order valence-corrected chi connectivity index (χ3v) is 14.6. The number of carboxylic acid groups (broad SMARTS) is 1. The maximum absolute atomic E-state index is 12.8. The van der Waals surface area contributed by atoms with Crippen LogP contribution in [0.15, 0.2) is 0 Å². The Balaban J connectivity index is 1.64. The summed E-state index contributed by atoms with van der Waals surface area (Å²) in [6.07, 6.45) is 7.49. The van der Waals surface area contributed by atoms with Gasteiger partial charge in [0, 0.05) is 12.0 Å². The first-order valence-corrected chi connectivity index (χ1v) is 14.8. The van der Waals surface area contributed by atoms with Gasteiger partial charge in [-0.2, -0.15) is 0 Å². The molecule has 13 atom stereocenters. The molecule has 5 saturated carbocycles. The van der Waals surface area contributed by atoms with Gasteiger partial charge in [0.05, 0.1) is 6.10 Å². The average molecular weight is 505 g/mol. The van der Waals surface area contributed by atoms with E-state index in [1.165, 1.54) is 19.3 Å². The largest absolute Gasteiger partial charge is 0.479 e. The number of carboxylic acids is 1. The van der Waals surface area contributed by atoms with Gasteiger partial charge in [-0.05, 0) is 115 Å². The van der Waals surface area contributed by atoms with Crippen LogP contribution in [0.2, 0.25) is 0 Å². The Morgan fingerprint density at radius 1 is 0.861 bits per heavy atom. The lowest BCUT2D eigenvalue weighted by Crippen LogP contribution is -2.77. The van der Waals surface area contributed by atoms with E-state index in [0.29, 0.717) is 23.2 Å². The first-order chi connectivity index (χ1) is 16.6. The standard InChI is InChI=1S/C31H52O5/c1-18-10-12-26(3)14-15-28(5)20(24(26)19(18)2)8-9-22-29(28,6)13-11-21-27(4,17-32)16-23(33)31(36,25(34)35)30(21,22)7/h18-24,32-33,36H,8-17H2,1-7H3,(H,34,35)/t18-,19+,20-,21+,22+,23?,24+,26-,27?,28-,29-,30+,31?/m1/s1. The van der Waals surface area contributed by atoms with Gasteiger partial charge in [-0.1, -0.05) is 48.5 Å². The second-order valence-electron chi connectivity index (χ2n) is 15.6. The monoisotopic (exact) mass is 504 g/mol. The van der Waals surface area contributed by atoms with Crippen molar-refractivity contribution in [1.29, 1.82) is 0 Å². The molecule has 5 aliphatic carbocycles. The zero-order chi connectivity index (χ0) is 26.7. The van der Waals surface area contributed by atoms with Gasteiger partial charge < -0.3 is 20.4 Å². The molecule has 0 saturated heterocycles. The third-order valence-electron chi connectivity index (χ3n) is 14.6. The number of fused-ring (bicyclic) bond motifs is 7. The Kier molecular flexibility index (Phi) is 5.94. The maximum atomic E-state index is 12.8. The molecule has 4 N–H and O–H groups in total. The highest BCUT2D eigenvalue weighted by Crippen LogP contribution is 2.78. The van der Waals surface area contributed by atoms with Crippen LogP contribution in [-0.2, 0) is 4.79 Å². The number of carbonyl (C=O) groups is 1. The van der Waals surface area contributed by atoms with Crippen molar-refractivity contribution in [3.8, 4) is 0 Å². The molecule has 0 amide bonds. The Labute approximate surface area is 218 Å². The van der Waals surface area contributed by atoms with Crippen LogP contribution in [0.25, 0.3) is 0 Å². The lowest BCUT2D eigenvalue weighted by Gasteiger charge is -2.75. The van der Waals surface area contributed by atoms with Crippen LogP contribution in [0.5, 0.6) is 0 Å². The second kappa shape index (κ2) is 7.94. The summed E-state index contributed by atoms with van der Waals surface area (Å²) in [6, 6.07) is 0. The molecule has 5 heteroatoms. The molecule has 0 heterocycles. The minimum atomic E-state index is -2.21. The molecule has 5 fully saturated rings. The smallest absolute Gasteiger partial charge is 0.339 e. The molecule has 5 aliphatic rings. The molecule has 0 aromatic carbocycles. The van der Waals surface area contributed by atoms with Crippen molar-refractivity contribution in [2.24, 2.45) is 62.6 Å². The summed E-state index contributed by atoms with van der Waals surface area (Å²) in [5.41, 5.74) is -3.50. The average Bonchev–Trinajstić information content (AvgIpc) is 2.81. The van der Waals surface area contributed by atoms with E-state index in [-0.39, 0.29) is 35.7 Å². The predicted octanol–water partition coefficient (Wildman–Crippen LogP) is 5.50. The molecule has 36 heavy (non-hydrogen) atoms. The molecule has 0 aliphatic heterocycles. The van der Waals surface area contributed by atoms with Gasteiger partial charge in [-0.15, -0.1) is 0 Å². The summed E-state index contributed by atoms with van der Waals surface area (Å²) in [7, 11) is 0. The van der Waals surface area contributed by atoms with E-state index in [9.17, 15) is 25.2 Å². The van der Waals surface area contributed by atoms with E-state index in [1.54, 1.807) is 0 Å². The van der Waals surface area contributed by atoms with Crippen molar-refractivity contribution < 1.29 is 25.2 Å². The predicted molar refractivity (Wildman–Crippen MR) is 140 cm³/mol. The van der Waals surface area contributed by atoms with Gasteiger partial charge in [0.15, 0.2) is 5.60 Å². The Bertz CT molecular complexity index is 921. The van der Waals surface area contributed by atoms with Crippen molar-refractivity contribution in [3.05, 3.63) is 0 Å². The minimum absolute atomic E-state index is 0.0207. The molecule has 0 aromatic heterocycles. The van der Waals surface area contributed by atoms with Crippen LogP contribution in [0.1, 0.15) is 106 Å². The molecule has 5 rings (SSSR count). The summed E-state index contributed by atoms with van der Waals surface area (Å²) in [4.78, 5) is 12.8. The number of rotatable bonds is 2. The molecule has 3 unspecified atom stereocenters. The van der Waals surface area contributed by atoms with Gasteiger partial charge in [-0.3, -0.25) is 0 Å². The van der Waals surface area contributed by atoms with Crippen LogP contribution in [0.3, 0.4) is 0 Å². The molecule has 5 nitrogen and oxygen atoms in total. The molecular formula is C31H52O5. The van der Waals surface area contributed by atoms with Gasteiger partial charge in [0.25, 0.3) is 0 Å². The highest BCUT2D eigenvalue weighted by molar-refractivity contribution is 5.80. The molecule has 0 aromatic rings. The summed E-state index contributed by atoms with van der Waals surface area (Å²) in [5, 5.41) is 44.2.